The molecule has 0 aliphatic heterocycles. The van der Waals surface area contributed by atoms with Crippen molar-refractivity contribution < 1.29 is 9.59 Å². The summed E-state index contributed by atoms with van der Waals surface area (Å²) in [5.74, 6) is -0.503. The molecule has 2 aromatic carbocycles. The minimum absolute atomic E-state index is 0. The summed E-state index contributed by atoms with van der Waals surface area (Å²) in [7, 11) is 0. The lowest BCUT2D eigenvalue weighted by atomic mass is 10.0. The molecule has 1 unspecified atom stereocenters. The van der Waals surface area contributed by atoms with Crippen LogP contribution in [0.15, 0.2) is 48.5 Å². The van der Waals surface area contributed by atoms with Crippen LogP contribution in [-0.2, 0) is 9.59 Å². The van der Waals surface area contributed by atoms with Crippen molar-refractivity contribution in [2.24, 2.45) is 5.73 Å². The van der Waals surface area contributed by atoms with Gasteiger partial charge in [-0.25, -0.2) is 0 Å². The van der Waals surface area contributed by atoms with Gasteiger partial charge in [-0.1, -0.05) is 48.5 Å². The molecule has 4 N–H and O–H groups in total. The zero-order valence-electron chi connectivity index (χ0n) is 14.4. The molecule has 2 aromatic rings. The predicted octanol–water partition coefficient (Wildman–Crippen LogP) is 2.87. The fraction of sp³-hybridized carbons (Fsp3) is 0.263. The number of anilines is 1. The van der Waals surface area contributed by atoms with Gasteiger partial charge in [-0.2, -0.15) is 0 Å². The van der Waals surface area contributed by atoms with Gasteiger partial charge in [0.25, 0.3) is 0 Å². The number of hydrogen-bond acceptors (Lipinski definition) is 3. The van der Waals surface area contributed by atoms with E-state index in [2.05, 4.69) is 10.6 Å². The number of halogens is 1. The fourth-order valence-electron chi connectivity index (χ4n) is 2.46. The number of rotatable bonds is 6. The summed E-state index contributed by atoms with van der Waals surface area (Å²) in [5, 5.41) is 5.45. The topological polar surface area (TPSA) is 84.2 Å². The number of carbonyl (C=O) groups is 2. The number of amides is 2. The number of carbonyl (C=O) groups excluding carboxylic acids is 2. The van der Waals surface area contributed by atoms with Crippen molar-refractivity contribution in [3.05, 3.63) is 65.2 Å². The van der Waals surface area contributed by atoms with Crippen molar-refractivity contribution in [3.63, 3.8) is 0 Å². The first-order chi connectivity index (χ1) is 11.5. The Labute approximate surface area is 154 Å². The Bertz CT molecular complexity index is 700. The summed E-state index contributed by atoms with van der Waals surface area (Å²) < 4.78 is 0. The largest absolute Gasteiger partial charge is 0.347 e. The summed E-state index contributed by atoms with van der Waals surface area (Å²) in [6.07, 6.45) is 0.140. The van der Waals surface area contributed by atoms with E-state index < -0.39 is 0 Å². The second kappa shape index (κ2) is 9.81. The smallest absolute Gasteiger partial charge is 0.243 e. The minimum atomic E-state index is -0.382. The van der Waals surface area contributed by atoms with Gasteiger partial charge in [0.15, 0.2) is 0 Å². The maximum atomic E-state index is 12.0. The third-order valence-electron chi connectivity index (χ3n) is 3.82. The lowest BCUT2D eigenvalue weighted by Crippen LogP contribution is -2.34. The summed E-state index contributed by atoms with van der Waals surface area (Å²) in [6, 6.07) is 14.8. The van der Waals surface area contributed by atoms with E-state index in [1.54, 1.807) is 0 Å². The number of nitrogens with one attached hydrogen (secondary N) is 2. The van der Waals surface area contributed by atoms with Gasteiger partial charge in [-0.05, 0) is 30.5 Å². The van der Waals surface area contributed by atoms with Crippen molar-refractivity contribution in [2.45, 2.75) is 26.3 Å². The van der Waals surface area contributed by atoms with Crippen molar-refractivity contribution in [3.8, 4) is 0 Å². The Morgan fingerprint density at radius 1 is 0.960 bits per heavy atom. The lowest BCUT2D eigenvalue weighted by molar-refractivity contribution is -0.124. The molecule has 0 aliphatic rings. The lowest BCUT2D eigenvalue weighted by Gasteiger charge is -2.13. The Kier molecular flexibility index (Phi) is 8.11. The van der Waals surface area contributed by atoms with Gasteiger partial charge < -0.3 is 16.4 Å². The third-order valence-corrected chi connectivity index (χ3v) is 3.82. The highest BCUT2D eigenvalue weighted by Gasteiger charge is 2.13. The molecule has 5 nitrogen and oxygen atoms in total. The molecule has 0 saturated carbocycles. The third kappa shape index (κ3) is 6.21. The summed E-state index contributed by atoms with van der Waals surface area (Å²) in [5.41, 5.74) is 9.66. The molecule has 0 aliphatic carbocycles. The van der Waals surface area contributed by atoms with Crippen LogP contribution in [0.3, 0.4) is 0 Å². The molecular formula is C19H24ClN3O2. The van der Waals surface area contributed by atoms with Gasteiger partial charge in [-0.15, -0.1) is 12.4 Å². The fourth-order valence-corrected chi connectivity index (χ4v) is 2.46. The van der Waals surface area contributed by atoms with Gasteiger partial charge in [0.2, 0.25) is 11.8 Å². The van der Waals surface area contributed by atoms with Crippen molar-refractivity contribution in [2.75, 3.05) is 11.9 Å². The first-order valence-corrected chi connectivity index (χ1v) is 7.90. The molecule has 2 amide bonds. The molecule has 6 heteroatoms. The molecule has 1 atom stereocenters. The van der Waals surface area contributed by atoms with Crippen LogP contribution >= 0.6 is 12.4 Å². The monoisotopic (exact) mass is 361 g/mol. The maximum absolute atomic E-state index is 12.0. The highest BCUT2D eigenvalue weighted by Crippen LogP contribution is 2.19. The highest BCUT2D eigenvalue weighted by molar-refractivity contribution is 5.95. The number of para-hydroxylation sites is 1. The second-order valence-corrected chi connectivity index (χ2v) is 5.81. The zero-order chi connectivity index (χ0) is 17.5. The van der Waals surface area contributed by atoms with Crippen LogP contribution < -0.4 is 16.4 Å². The van der Waals surface area contributed by atoms with E-state index in [4.69, 9.17) is 5.73 Å². The number of nitrogens with two attached hydrogens (primary N) is 1. The Morgan fingerprint density at radius 3 is 2.16 bits per heavy atom. The number of hydrogen-bond donors (Lipinski definition) is 3. The Hall–Kier alpha value is -2.37. The minimum Gasteiger partial charge on any atom is -0.347 e. The quantitative estimate of drug-likeness (QED) is 0.739. The van der Waals surface area contributed by atoms with Crippen molar-refractivity contribution in [1.29, 1.82) is 0 Å². The van der Waals surface area contributed by atoms with Gasteiger partial charge in [0.05, 0.1) is 6.54 Å². The summed E-state index contributed by atoms with van der Waals surface area (Å²) >= 11 is 0. The van der Waals surface area contributed by atoms with E-state index in [0.717, 1.165) is 22.4 Å². The van der Waals surface area contributed by atoms with Crippen LogP contribution in [0.2, 0.25) is 0 Å². The van der Waals surface area contributed by atoms with E-state index in [0.29, 0.717) is 0 Å². The number of benzene rings is 2. The van der Waals surface area contributed by atoms with Crippen LogP contribution in [0.4, 0.5) is 5.69 Å². The summed E-state index contributed by atoms with van der Waals surface area (Å²) in [6.45, 7) is 3.79. The Balaban J connectivity index is 0.00000312. The molecule has 2 rings (SSSR count). The molecular weight excluding hydrogens is 338 g/mol. The highest BCUT2D eigenvalue weighted by atomic mass is 35.5. The second-order valence-electron chi connectivity index (χ2n) is 5.81. The molecule has 0 saturated heterocycles. The van der Waals surface area contributed by atoms with Crippen molar-refractivity contribution in [1.82, 2.24) is 5.32 Å². The van der Waals surface area contributed by atoms with Crippen LogP contribution in [0.1, 0.15) is 29.2 Å². The molecule has 0 heterocycles. The van der Waals surface area contributed by atoms with Gasteiger partial charge in [-0.3, -0.25) is 9.59 Å². The van der Waals surface area contributed by atoms with Crippen LogP contribution in [0.25, 0.3) is 0 Å². The standard InChI is InChI=1S/C19H23N3O2.ClH/c1-13-7-6-8-14(2)19(13)22-18(24)12-21-17(23)11-16(20)15-9-4-3-5-10-15;/h3-10,16H,11-12,20H2,1-2H3,(H,21,23)(H,22,24);1H. The molecule has 0 radical (unpaired) electrons. The Morgan fingerprint density at radius 2 is 1.56 bits per heavy atom. The molecule has 134 valence electrons. The average molecular weight is 362 g/mol. The van der Waals surface area contributed by atoms with Gasteiger partial charge in [0, 0.05) is 18.2 Å². The van der Waals surface area contributed by atoms with E-state index in [1.807, 2.05) is 62.4 Å². The van der Waals surface area contributed by atoms with E-state index in [9.17, 15) is 9.59 Å². The first-order valence-electron chi connectivity index (χ1n) is 7.90. The molecule has 0 spiro atoms. The van der Waals surface area contributed by atoms with Crippen molar-refractivity contribution >= 4 is 29.9 Å². The SMILES string of the molecule is Cc1cccc(C)c1NC(=O)CNC(=O)CC(N)c1ccccc1.Cl. The zero-order valence-corrected chi connectivity index (χ0v) is 15.2. The van der Waals surface area contributed by atoms with Crippen LogP contribution in [0, 0.1) is 13.8 Å². The van der Waals surface area contributed by atoms with Crippen LogP contribution in [0.5, 0.6) is 0 Å². The average Bonchev–Trinajstić information content (AvgIpc) is 2.57. The van der Waals surface area contributed by atoms with E-state index >= 15 is 0 Å². The molecule has 0 fully saturated rings. The van der Waals surface area contributed by atoms with E-state index in [-0.39, 0.29) is 43.2 Å². The van der Waals surface area contributed by atoms with Crippen LogP contribution in [-0.4, -0.2) is 18.4 Å². The summed E-state index contributed by atoms with van der Waals surface area (Å²) in [4.78, 5) is 24.0. The normalized spacial score (nSPS) is 11.2. The predicted molar refractivity (Wildman–Crippen MR) is 103 cm³/mol. The van der Waals surface area contributed by atoms with Gasteiger partial charge in [0.1, 0.15) is 0 Å². The maximum Gasteiger partial charge on any atom is 0.243 e. The molecule has 25 heavy (non-hydrogen) atoms. The molecule has 0 aromatic heterocycles. The number of aryl methyl sites for hydroxylation is 2. The first kappa shape index (κ1) is 20.7. The van der Waals surface area contributed by atoms with Gasteiger partial charge >= 0.3 is 0 Å². The van der Waals surface area contributed by atoms with E-state index in [1.165, 1.54) is 0 Å². The molecule has 0 bridgehead atoms.